The van der Waals surface area contributed by atoms with Crippen LogP contribution in [-0.2, 0) is 32.7 Å². The first-order valence-corrected chi connectivity index (χ1v) is 13.2. The molecule has 206 valence electrons. The largest absolute Gasteiger partial charge is 0.458 e. The van der Waals surface area contributed by atoms with Gasteiger partial charge in [0.15, 0.2) is 0 Å². The van der Waals surface area contributed by atoms with Crippen molar-refractivity contribution in [2.24, 2.45) is 0 Å². The van der Waals surface area contributed by atoms with Crippen LogP contribution in [0.4, 0.5) is 17.6 Å². The summed E-state index contributed by atoms with van der Waals surface area (Å²) >= 11 is 0. The van der Waals surface area contributed by atoms with E-state index in [0.29, 0.717) is 30.1 Å². The van der Waals surface area contributed by atoms with Crippen LogP contribution in [0.25, 0.3) is 0 Å². The van der Waals surface area contributed by atoms with Gasteiger partial charge in [0.2, 0.25) is 0 Å². The number of carbonyl (C=O) groups is 1. The van der Waals surface area contributed by atoms with Crippen LogP contribution in [0.3, 0.4) is 0 Å². The molecule has 1 aliphatic heterocycles. The smallest absolute Gasteiger partial charge is 0.432 e. The molecule has 0 amide bonds. The topological polar surface area (TPSA) is 38.8 Å². The number of carbonyl (C=O) groups excluding carboxylic acids is 1. The Morgan fingerprint density at radius 1 is 0.872 bits per heavy atom. The van der Waals surface area contributed by atoms with E-state index in [-0.39, 0.29) is 24.2 Å². The van der Waals surface area contributed by atoms with Gasteiger partial charge in [0.05, 0.1) is 6.04 Å². The quantitative estimate of drug-likeness (QED) is 0.276. The summed E-state index contributed by atoms with van der Waals surface area (Å²) in [7, 11) is 0.860. The van der Waals surface area contributed by atoms with E-state index in [4.69, 9.17) is 9.47 Å². The highest BCUT2D eigenvalue weighted by Crippen LogP contribution is 2.44. The molecule has 1 saturated heterocycles. The summed E-state index contributed by atoms with van der Waals surface area (Å²) in [6, 6.07) is 21.2. The van der Waals surface area contributed by atoms with Crippen LogP contribution in [0.15, 0.2) is 78.9 Å². The summed E-state index contributed by atoms with van der Waals surface area (Å²) in [6.07, 6.45) is -3.91. The maximum atomic E-state index is 14.8. The Labute approximate surface area is 225 Å². The molecule has 1 unspecified atom stereocenters. The number of rotatable bonds is 6. The van der Waals surface area contributed by atoms with Gasteiger partial charge in [0, 0.05) is 19.1 Å². The average molecular weight is 542 g/mol. The fourth-order valence-electron chi connectivity index (χ4n) is 6.10. The number of hydrogen-bond acceptors (Lipinski definition) is 4. The molecule has 1 heterocycles. The number of hydrogen-bond donors (Lipinski definition) is 0. The van der Waals surface area contributed by atoms with Crippen molar-refractivity contribution in [2.75, 3.05) is 20.2 Å². The Balaban J connectivity index is 1.44. The molecule has 3 aromatic rings. The second kappa shape index (κ2) is 11.1. The monoisotopic (exact) mass is 541 g/mol. The van der Waals surface area contributed by atoms with Crippen LogP contribution < -0.4 is 0 Å². The molecule has 0 radical (unpaired) electrons. The van der Waals surface area contributed by atoms with Gasteiger partial charge in [-0.1, -0.05) is 72.8 Å². The van der Waals surface area contributed by atoms with Crippen molar-refractivity contribution in [1.29, 1.82) is 0 Å². The van der Waals surface area contributed by atoms with Gasteiger partial charge in [0.1, 0.15) is 11.9 Å². The maximum Gasteiger partial charge on any atom is 0.432 e. The van der Waals surface area contributed by atoms with E-state index in [1.165, 1.54) is 35.9 Å². The number of benzene rings is 3. The molecular formula is C31H31F4NO3. The van der Waals surface area contributed by atoms with Crippen LogP contribution >= 0.6 is 0 Å². The first-order chi connectivity index (χ1) is 18.7. The Morgan fingerprint density at radius 2 is 1.51 bits per heavy atom. The van der Waals surface area contributed by atoms with Crippen molar-refractivity contribution < 1.29 is 31.8 Å². The normalized spacial score (nSPS) is 22.1. The van der Waals surface area contributed by atoms with E-state index in [2.05, 4.69) is 17.0 Å². The van der Waals surface area contributed by atoms with Gasteiger partial charge in [0.25, 0.3) is 5.60 Å². The van der Waals surface area contributed by atoms with Crippen LogP contribution in [0.1, 0.15) is 41.0 Å². The Bertz CT molecular complexity index is 1280. The van der Waals surface area contributed by atoms with Crippen LogP contribution in [0.5, 0.6) is 0 Å². The second-order valence-corrected chi connectivity index (χ2v) is 10.3. The van der Waals surface area contributed by atoms with Gasteiger partial charge >= 0.3 is 12.1 Å². The van der Waals surface area contributed by atoms with E-state index in [9.17, 15) is 22.4 Å². The summed E-state index contributed by atoms with van der Waals surface area (Å²) < 4.78 is 69.1. The Hall–Kier alpha value is -3.23. The molecule has 8 heteroatoms. The van der Waals surface area contributed by atoms with Crippen LogP contribution in [-0.4, -0.2) is 49.4 Å². The Morgan fingerprint density at radius 3 is 2.13 bits per heavy atom. The third-order valence-electron chi connectivity index (χ3n) is 8.18. The summed E-state index contributed by atoms with van der Waals surface area (Å²) in [5, 5.41) is 0. The zero-order valence-electron chi connectivity index (χ0n) is 21.7. The van der Waals surface area contributed by atoms with Crippen molar-refractivity contribution in [2.45, 2.75) is 55.5 Å². The lowest BCUT2D eigenvalue weighted by atomic mass is 9.82. The van der Waals surface area contributed by atoms with Crippen molar-refractivity contribution in [3.63, 3.8) is 0 Å². The summed E-state index contributed by atoms with van der Waals surface area (Å²) in [4.78, 5) is 15.6. The van der Waals surface area contributed by atoms with Crippen LogP contribution in [0.2, 0.25) is 0 Å². The summed E-state index contributed by atoms with van der Waals surface area (Å²) in [5.74, 6) is -1.51. The average Bonchev–Trinajstić information content (AvgIpc) is 2.94. The van der Waals surface area contributed by atoms with Crippen molar-refractivity contribution in [1.82, 2.24) is 4.90 Å². The number of halogens is 4. The fourth-order valence-corrected chi connectivity index (χ4v) is 6.10. The lowest BCUT2D eigenvalue weighted by molar-refractivity contribution is -0.279. The molecule has 4 nitrogen and oxygen atoms in total. The van der Waals surface area contributed by atoms with Gasteiger partial charge in [-0.3, -0.25) is 4.90 Å². The van der Waals surface area contributed by atoms with E-state index in [1.54, 1.807) is 18.2 Å². The van der Waals surface area contributed by atoms with Gasteiger partial charge < -0.3 is 9.47 Å². The van der Waals surface area contributed by atoms with E-state index >= 15 is 0 Å². The standard InChI is InChI=1S/C31H31F4NO3/c1-38-30(31(33,34)35,24-12-6-3-7-13-24)29(37)39-28-19-23-11-8-14-26(32)25(23)20-27(28)36-17-15-22(16-18-36)21-9-4-2-5-10-21/h2-14,22,27-28H,15-20H2,1H3/t27-,28+,30?/m1/s1. The molecule has 3 atom stereocenters. The number of ether oxygens (including phenoxy) is 2. The molecule has 2 aliphatic rings. The third-order valence-corrected chi connectivity index (χ3v) is 8.18. The molecule has 39 heavy (non-hydrogen) atoms. The minimum atomic E-state index is -5.07. The predicted octanol–water partition coefficient (Wildman–Crippen LogP) is 6.19. The molecule has 5 rings (SSSR count). The first-order valence-electron chi connectivity index (χ1n) is 13.2. The van der Waals surface area contributed by atoms with Crippen molar-refractivity contribution in [3.8, 4) is 0 Å². The van der Waals surface area contributed by atoms with Crippen molar-refractivity contribution >= 4 is 5.97 Å². The van der Waals surface area contributed by atoms with Crippen molar-refractivity contribution in [3.05, 3.63) is 107 Å². The first kappa shape index (κ1) is 27.3. The van der Waals surface area contributed by atoms with Crippen LogP contribution in [0, 0.1) is 5.82 Å². The highest BCUT2D eigenvalue weighted by atomic mass is 19.4. The van der Waals surface area contributed by atoms with E-state index in [0.717, 1.165) is 20.0 Å². The van der Waals surface area contributed by atoms with Gasteiger partial charge in [-0.25, -0.2) is 9.18 Å². The van der Waals surface area contributed by atoms with Gasteiger partial charge in [-0.2, -0.15) is 13.2 Å². The highest BCUT2D eigenvalue weighted by molar-refractivity contribution is 5.83. The second-order valence-electron chi connectivity index (χ2n) is 10.3. The summed E-state index contributed by atoms with van der Waals surface area (Å²) in [5.41, 5.74) is -1.22. The third kappa shape index (κ3) is 5.20. The molecule has 0 bridgehead atoms. The Kier molecular flexibility index (Phi) is 7.78. The molecule has 0 N–H and O–H groups in total. The molecule has 0 aromatic heterocycles. The van der Waals surface area contributed by atoms with Gasteiger partial charge in [-0.15, -0.1) is 0 Å². The van der Waals surface area contributed by atoms with E-state index < -0.39 is 29.9 Å². The maximum absolute atomic E-state index is 14.8. The zero-order valence-corrected chi connectivity index (χ0v) is 21.7. The number of piperidine rings is 1. The number of nitrogens with zero attached hydrogens (tertiary/aromatic N) is 1. The summed E-state index contributed by atoms with van der Waals surface area (Å²) in [6.45, 7) is 1.32. The number of methoxy groups -OCH3 is 1. The molecule has 3 aromatic carbocycles. The van der Waals surface area contributed by atoms with E-state index in [1.807, 2.05) is 18.2 Å². The number of fused-ring (bicyclic) bond motifs is 1. The number of likely N-dealkylation sites (tertiary alicyclic amines) is 1. The predicted molar refractivity (Wildman–Crippen MR) is 139 cm³/mol. The molecule has 0 spiro atoms. The molecule has 1 aliphatic carbocycles. The minimum Gasteiger partial charge on any atom is -0.458 e. The fraction of sp³-hybridized carbons (Fsp3) is 0.387. The highest BCUT2D eigenvalue weighted by Gasteiger charge is 2.64. The molecular weight excluding hydrogens is 510 g/mol. The molecule has 1 fully saturated rings. The lowest BCUT2D eigenvalue weighted by Crippen LogP contribution is -2.57. The lowest BCUT2D eigenvalue weighted by Gasteiger charge is -2.44. The SMILES string of the molecule is COC(C(=O)O[C@H]1Cc2cccc(F)c2C[C@H]1N1CCC(c2ccccc2)CC1)(c1ccccc1)C(F)(F)F. The van der Waals surface area contributed by atoms with Gasteiger partial charge in [-0.05, 0) is 61.0 Å². The number of esters is 1. The molecule has 0 saturated carbocycles. The minimum absolute atomic E-state index is 0.120. The number of alkyl halides is 3. The zero-order chi connectivity index (χ0) is 27.6.